The van der Waals surface area contributed by atoms with Gasteiger partial charge in [0.2, 0.25) is 9.84 Å². The van der Waals surface area contributed by atoms with E-state index in [0.717, 1.165) is 27.8 Å². The van der Waals surface area contributed by atoms with Gasteiger partial charge in [-0.25, -0.2) is 8.42 Å². The molecule has 1 aliphatic carbocycles. The SMILES string of the molecule is O=S(=O)(c1ccccc1)c1ccc(N2c3cc4ccccc4cc3C3(c4cc5ccccc5cc42)c2ccsc2-c2sccc23)cc1. The molecule has 0 saturated heterocycles. The average molecular weight is 660 g/mol. The molecular weight excluding hydrogens is 635 g/mol. The zero-order valence-corrected chi connectivity index (χ0v) is 27.4. The van der Waals surface area contributed by atoms with E-state index >= 15 is 0 Å². The summed E-state index contributed by atoms with van der Waals surface area (Å²) in [4.78, 5) is 5.60. The van der Waals surface area contributed by atoms with Crippen molar-refractivity contribution in [3.05, 3.63) is 173 Å². The Balaban J connectivity index is 1.30. The first-order valence-corrected chi connectivity index (χ1v) is 18.7. The van der Waals surface area contributed by atoms with Crippen molar-refractivity contribution < 1.29 is 8.42 Å². The minimum atomic E-state index is -3.65. The molecule has 0 saturated carbocycles. The Hall–Kier alpha value is -5.01. The summed E-state index contributed by atoms with van der Waals surface area (Å²) < 4.78 is 27.1. The fraction of sp³-hybridized carbons (Fsp3) is 0.0244. The molecule has 0 unspecified atom stereocenters. The van der Waals surface area contributed by atoms with E-state index in [1.165, 1.54) is 42.8 Å². The average Bonchev–Trinajstić information content (AvgIpc) is 3.85. The predicted octanol–water partition coefficient (Wildman–Crippen LogP) is 11.1. The first-order valence-electron chi connectivity index (χ1n) is 15.5. The van der Waals surface area contributed by atoms with Gasteiger partial charge >= 0.3 is 0 Å². The summed E-state index contributed by atoms with van der Waals surface area (Å²) in [5.41, 5.74) is 7.75. The monoisotopic (exact) mass is 659 g/mol. The van der Waals surface area contributed by atoms with Crippen molar-refractivity contribution >= 4 is 71.1 Å². The van der Waals surface area contributed by atoms with Crippen LogP contribution in [0.15, 0.2) is 160 Å². The molecule has 2 aliphatic rings. The van der Waals surface area contributed by atoms with E-state index in [9.17, 15) is 8.42 Å². The number of nitrogens with zero attached hydrogens (tertiary/aromatic N) is 1. The van der Waals surface area contributed by atoms with Gasteiger partial charge in [0.15, 0.2) is 0 Å². The van der Waals surface area contributed by atoms with Crippen LogP contribution < -0.4 is 4.90 Å². The summed E-state index contributed by atoms with van der Waals surface area (Å²) in [5.74, 6) is 0. The second-order valence-corrected chi connectivity index (χ2v) is 15.9. The van der Waals surface area contributed by atoms with Crippen LogP contribution in [0.4, 0.5) is 17.1 Å². The van der Waals surface area contributed by atoms with Crippen molar-refractivity contribution in [1.29, 1.82) is 0 Å². The molecule has 2 aromatic heterocycles. The Labute approximate surface area is 280 Å². The van der Waals surface area contributed by atoms with Gasteiger partial charge in [0, 0.05) is 15.4 Å². The topological polar surface area (TPSA) is 37.4 Å². The molecule has 1 spiro atoms. The van der Waals surface area contributed by atoms with Crippen LogP contribution in [0.5, 0.6) is 0 Å². The molecule has 3 heterocycles. The fourth-order valence-electron chi connectivity index (χ4n) is 7.78. The molecule has 3 nitrogen and oxygen atoms in total. The van der Waals surface area contributed by atoms with Crippen LogP contribution in [-0.4, -0.2) is 8.42 Å². The molecular formula is C41H25NO2S3. The molecule has 0 bridgehead atoms. The van der Waals surface area contributed by atoms with Gasteiger partial charge in [0.25, 0.3) is 0 Å². The Morgan fingerprint density at radius 2 is 0.915 bits per heavy atom. The maximum Gasteiger partial charge on any atom is 0.206 e. The molecule has 0 fully saturated rings. The van der Waals surface area contributed by atoms with Crippen LogP contribution in [0.2, 0.25) is 0 Å². The molecule has 6 aromatic carbocycles. The van der Waals surface area contributed by atoms with E-state index in [2.05, 4.69) is 101 Å². The number of hydrogen-bond acceptors (Lipinski definition) is 5. The minimum Gasteiger partial charge on any atom is -0.310 e. The molecule has 0 radical (unpaired) electrons. The van der Waals surface area contributed by atoms with E-state index in [1.807, 2.05) is 40.9 Å². The molecule has 0 atom stereocenters. The lowest BCUT2D eigenvalue weighted by Crippen LogP contribution is -2.36. The highest BCUT2D eigenvalue weighted by atomic mass is 32.2. The van der Waals surface area contributed by atoms with Crippen molar-refractivity contribution in [2.24, 2.45) is 0 Å². The summed E-state index contributed by atoms with van der Waals surface area (Å²) in [6.07, 6.45) is 0. The zero-order chi connectivity index (χ0) is 31.3. The number of anilines is 3. The first kappa shape index (κ1) is 27.1. The van der Waals surface area contributed by atoms with Gasteiger partial charge in [-0.05, 0) is 127 Å². The van der Waals surface area contributed by atoms with E-state index < -0.39 is 15.3 Å². The third-order valence-corrected chi connectivity index (χ3v) is 13.6. The smallest absolute Gasteiger partial charge is 0.206 e. The summed E-state index contributed by atoms with van der Waals surface area (Å²) >= 11 is 3.65. The normalized spacial score (nSPS) is 14.3. The number of sulfone groups is 1. The number of benzene rings is 6. The molecule has 8 aromatic rings. The third-order valence-electron chi connectivity index (χ3n) is 9.82. The molecule has 47 heavy (non-hydrogen) atoms. The van der Waals surface area contributed by atoms with Crippen molar-refractivity contribution in [1.82, 2.24) is 0 Å². The maximum atomic E-state index is 13.6. The van der Waals surface area contributed by atoms with Crippen LogP contribution in [0, 0.1) is 0 Å². The van der Waals surface area contributed by atoms with Gasteiger partial charge in [-0.2, -0.15) is 0 Å². The van der Waals surface area contributed by atoms with Gasteiger partial charge < -0.3 is 4.90 Å². The number of hydrogen-bond donors (Lipinski definition) is 0. The van der Waals surface area contributed by atoms with Gasteiger partial charge in [-0.1, -0.05) is 66.7 Å². The third kappa shape index (κ3) is 3.63. The molecule has 6 heteroatoms. The van der Waals surface area contributed by atoms with Gasteiger partial charge in [0.05, 0.1) is 26.6 Å². The highest BCUT2D eigenvalue weighted by Crippen LogP contribution is 2.66. The van der Waals surface area contributed by atoms with Crippen LogP contribution in [0.1, 0.15) is 22.3 Å². The quantitative estimate of drug-likeness (QED) is 0.189. The summed E-state index contributed by atoms with van der Waals surface area (Å²) in [6.45, 7) is 0. The minimum absolute atomic E-state index is 0.278. The lowest BCUT2D eigenvalue weighted by molar-refractivity contribution is 0.596. The summed E-state index contributed by atoms with van der Waals surface area (Å²) in [5, 5.41) is 9.17. The second-order valence-electron chi connectivity index (χ2n) is 12.2. The standard InChI is InChI=1S/C41H25NO2S3/c43-47(44,31-12-2-1-3-13-31)32-16-14-30(15-17-32)42-37-24-28-10-6-4-8-26(28)22-35(37)41(33-18-20-45-39(33)40-34(41)19-21-46-40)36-23-27-9-5-7-11-29(27)25-38(36)42/h1-25H. The second kappa shape index (κ2) is 9.75. The lowest BCUT2D eigenvalue weighted by Gasteiger charge is -2.45. The number of thiophene rings is 2. The van der Waals surface area contributed by atoms with Crippen molar-refractivity contribution in [2.45, 2.75) is 15.2 Å². The predicted molar refractivity (Wildman–Crippen MR) is 195 cm³/mol. The van der Waals surface area contributed by atoms with Crippen LogP contribution in [-0.2, 0) is 15.3 Å². The van der Waals surface area contributed by atoms with Crippen LogP contribution >= 0.6 is 22.7 Å². The fourth-order valence-corrected chi connectivity index (χ4v) is 11.2. The van der Waals surface area contributed by atoms with Crippen molar-refractivity contribution in [3.63, 3.8) is 0 Å². The largest absolute Gasteiger partial charge is 0.310 e. The number of fused-ring (bicyclic) bond motifs is 11. The number of rotatable bonds is 3. The van der Waals surface area contributed by atoms with Gasteiger partial charge in [0.1, 0.15) is 0 Å². The summed E-state index contributed by atoms with van der Waals surface area (Å²) in [7, 11) is -3.65. The molecule has 224 valence electrons. The lowest BCUT2D eigenvalue weighted by atomic mass is 9.64. The van der Waals surface area contributed by atoms with E-state index in [0.29, 0.717) is 4.90 Å². The molecule has 1 aliphatic heterocycles. The highest BCUT2D eigenvalue weighted by Gasteiger charge is 2.53. The Morgan fingerprint density at radius 1 is 0.468 bits per heavy atom. The Kier molecular flexibility index (Phi) is 5.63. The molecule has 0 N–H and O–H groups in total. The maximum absolute atomic E-state index is 13.6. The Morgan fingerprint density at radius 3 is 1.43 bits per heavy atom. The highest BCUT2D eigenvalue weighted by molar-refractivity contribution is 7.91. The van der Waals surface area contributed by atoms with Gasteiger partial charge in [-0.3, -0.25) is 0 Å². The van der Waals surface area contributed by atoms with Crippen molar-refractivity contribution in [3.8, 4) is 9.75 Å². The first-order chi connectivity index (χ1) is 23.0. The zero-order valence-electron chi connectivity index (χ0n) is 24.9. The van der Waals surface area contributed by atoms with Crippen LogP contribution in [0.25, 0.3) is 31.3 Å². The summed E-state index contributed by atoms with van der Waals surface area (Å²) in [6, 6.07) is 47.2. The van der Waals surface area contributed by atoms with E-state index in [-0.39, 0.29) is 4.90 Å². The van der Waals surface area contributed by atoms with Crippen molar-refractivity contribution in [2.75, 3.05) is 4.90 Å². The molecule has 0 amide bonds. The molecule has 10 rings (SSSR count). The Bertz CT molecular complexity index is 2520. The van der Waals surface area contributed by atoms with Crippen LogP contribution in [0.3, 0.4) is 0 Å². The van der Waals surface area contributed by atoms with E-state index in [1.54, 1.807) is 36.4 Å². The van der Waals surface area contributed by atoms with E-state index in [4.69, 9.17) is 0 Å². The van der Waals surface area contributed by atoms with Gasteiger partial charge in [-0.15, -0.1) is 22.7 Å².